The highest BCUT2D eigenvalue weighted by Gasteiger charge is 2.18. The highest BCUT2D eigenvalue weighted by atomic mass is 31.2. The topological polar surface area (TPSA) is 141 Å². The van der Waals surface area contributed by atoms with Crippen molar-refractivity contribution in [1.82, 2.24) is 11.0 Å². The van der Waals surface area contributed by atoms with Crippen LogP contribution in [0.4, 0.5) is 0 Å². The van der Waals surface area contributed by atoms with E-state index in [0.29, 0.717) is 0 Å². The van der Waals surface area contributed by atoms with Crippen LogP contribution in [0, 0.1) is 0 Å². The summed E-state index contributed by atoms with van der Waals surface area (Å²) in [5, 5.41) is 33.6. The minimum atomic E-state index is -3.47. The van der Waals surface area contributed by atoms with Gasteiger partial charge in [0, 0.05) is 6.66 Å². The summed E-state index contributed by atoms with van der Waals surface area (Å²) in [5.74, 6) is 0. The third kappa shape index (κ3) is 10.2. The fourth-order valence-electron chi connectivity index (χ4n) is 0.477. The Morgan fingerprint density at radius 3 is 1.67 bits per heavy atom. The molecule has 0 aromatic rings. The van der Waals surface area contributed by atoms with E-state index in [1.54, 1.807) is 0 Å². The van der Waals surface area contributed by atoms with E-state index in [-0.39, 0.29) is 13.1 Å². The zero-order valence-corrected chi connectivity index (χ0v) is 8.92. The number of aliphatic hydroxyl groups is 4. The van der Waals surface area contributed by atoms with Crippen molar-refractivity contribution in [1.29, 1.82) is 0 Å². The van der Waals surface area contributed by atoms with Gasteiger partial charge in [0.15, 0.2) is 12.6 Å². The van der Waals surface area contributed by atoms with Gasteiger partial charge in [0.1, 0.15) is 0 Å². The van der Waals surface area contributed by atoms with Crippen molar-refractivity contribution >= 4 is 7.60 Å². The molecule has 0 heterocycles. The van der Waals surface area contributed by atoms with Gasteiger partial charge in [0.05, 0.1) is 13.1 Å². The predicted molar refractivity (Wildman–Crippen MR) is 48.2 cm³/mol. The molecule has 0 aliphatic rings. The van der Waals surface area contributed by atoms with E-state index in [1.807, 2.05) is 11.0 Å². The van der Waals surface area contributed by atoms with Gasteiger partial charge < -0.3 is 20.4 Å². The quantitative estimate of drug-likeness (QED) is 0.155. The lowest BCUT2D eigenvalue weighted by Gasteiger charge is -2.15. The van der Waals surface area contributed by atoms with Gasteiger partial charge in [-0.2, -0.15) is 11.0 Å². The van der Waals surface area contributed by atoms with Gasteiger partial charge in [-0.1, -0.05) is 0 Å². The van der Waals surface area contributed by atoms with Crippen molar-refractivity contribution in [2.24, 2.45) is 0 Å². The van der Waals surface area contributed by atoms with E-state index >= 15 is 0 Å². The van der Waals surface area contributed by atoms with Gasteiger partial charge in [-0.15, -0.1) is 0 Å². The Morgan fingerprint density at radius 2 is 1.40 bits per heavy atom. The van der Waals surface area contributed by atoms with E-state index in [9.17, 15) is 4.57 Å². The number of rotatable bonds is 8. The lowest BCUT2D eigenvalue weighted by molar-refractivity contribution is -0.0630. The first-order valence-electron chi connectivity index (χ1n) is 3.96. The van der Waals surface area contributed by atoms with Crippen LogP contribution < -0.4 is 11.0 Å². The molecule has 92 valence electrons. The molecule has 0 aromatic carbocycles. The average Bonchev–Trinajstić information content (AvgIpc) is 2.01. The molecule has 10 heteroatoms. The van der Waals surface area contributed by atoms with Crippen molar-refractivity contribution in [2.45, 2.75) is 12.6 Å². The van der Waals surface area contributed by atoms with E-state index in [2.05, 4.69) is 9.25 Å². The normalized spacial score (nSPS) is 12.7. The summed E-state index contributed by atoms with van der Waals surface area (Å²) in [6.45, 7) is 0.411. The van der Waals surface area contributed by atoms with E-state index in [1.165, 1.54) is 0 Å². The molecular weight excluding hydrogens is 231 g/mol. The Bertz CT molecular complexity index is 194. The van der Waals surface area contributed by atoms with Crippen molar-refractivity contribution in [3.8, 4) is 0 Å². The molecule has 0 saturated heterocycles. The Hall–Kier alpha value is -0.0900. The summed E-state index contributed by atoms with van der Waals surface area (Å²) >= 11 is 0. The second-order valence-electron chi connectivity index (χ2n) is 2.61. The van der Waals surface area contributed by atoms with E-state index < -0.39 is 20.2 Å². The molecule has 0 aromatic heterocycles. The second kappa shape index (κ2) is 7.23. The third-order valence-electron chi connectivity index (χ3n) is 0.993. The van der Waals surface area contributed by atoms with Gasteiger partial charge in [-0.05, 0) is 0 Å². The monoisotopic (exact) mass is 246 g/mol. The Kier molecular flexibility index (Phi) is 7.18. The van der Waals surface area contributed by atoms with Crippen LogP contribution in [0.3, 0.4) is 0 Å². The number of nitrogens with one attached hydrogen (secondary N) is 2. The highest BCUT2D eigenvalue weighted by molar-refractivity contribution is 7.52. The van der Waals surface area contributed by atoms with Gasteiger partial charge in [0.2, 0.25) is 0 Å². The van der Waals surface area contributed by atoms with E-state index in [0.717, 1.165) is 6.66 Å². The summed E-state index contributed by atoms with van der Waals surface area (Å²) in [4.78, 5) is 0. The molecule has 6 N–H and O–H groups in total. The predicted octanol–water partition coefficient (Wildman–Crippen LogP) is -2.53. The molecule has 9 nitrogen and oxygen atoms in total. The fourth-order valence-corrected chi connectivity index (χ4v) is 1.13. The van der Waals surface area contributed by atoms with Gasteiger partial charge in [-0.3, -0.25) is 4.57 Å². The second-order valence-corrected chi connectivity index (χ2v) is 4.52. The Balaban J connectivity index is 3.63. The van der Waals surface area contributed by atoms with Crippen LogP contribution >= 0.6 is 7.60 Å². The number of hydroxylamine groups is 2. The maximum absolute atomic E-state index is 11.3. The molecular formula is C5H15N2O7P. The minimum Gasteiger partial charge on any atom is -0.367 e. The lowest BCUT2D eigenvalue weighted by Crippen LogP contribution is -2.29. The maximum Gasteiger partial charge on any atom is 0.360 e. The zero-order chi connectivity index (χ0) is 11.9. The van der Waals surface area contributed by atoms with Crippen molar-refractivity contribution in [3.05, 3.63) is 0 Å². The number of hydrogen-bond acceptors (Lipinski definition) is 9. The maximum atomic E-state index is 11.3. The zero-order valence-electron chi connectivity index (χ0n) is 8.03. The summed E-state index contributed by atoms with van der Waals surface area (Å²) in [7, 11) is -3.47. The van der Waals surface area contributed by atoms with Crippen LogP contribution in [0.25, 0.3) is 0 Å². The fraction of sp³-hybridized carbons (Fsp3) is 1.00. The minimum absolute atomic E-state index is 0.343. The van der Waals surface area contributed by atoms with Crippen LogP contribution in [-0.4, -0.2) is 52.8 Å². The summed E-state index contributed by atoms with van der Waals surface area (Å²) in [6, 6.07) is 0. The highest BCUT2D eigenvalue weighted by Crippen LogP contribution is 2.40. The molecule has 0 saturated carbocycles. The molecule has 0 spiro atoms. The molecule has 0 aliphatic carbocycles. The largest absolute Gasteiger partial charge is 0.367 e. The standard InChI is InChI=1S/C5H15N2O7P/c1-15(12,13-6-2-4(8)9)14-7-3-5(10)11/h4-11H,2-3H2,1H3. The molecule has 0 amide bonds. The van der Waals surface area contributed by atoms with Gasteiger partial charge in [0.25, 0.3) is 0 Å². The SMILES string of the molecule is CP(=O)(ONCC(O)O)ONCC(O)O. The first-order chi connectivity index (χ1) is 6.83. The van der Waals surface area contributed by atoms with Crippen LogP contribution in [0.1, 0.15) is 0 Å². The first-order valence-corrected chi connectivity index (χ1v) is 5.95. The molecule has 0 bridgehead atoms. The molecule has 15 heavy (non-hydrogen) atoms. The van der Waals surface area contributed by atoms with Gasteiger partial charge >= 0.3 is 7.60 Å². The van der Waals surface area contributed by atoms with Crippen molar-refractivity contribution in [3.63, 3.8) is 0 Å². The molecule has 0 aliphatic heterocycles. The summed E-state index contributed by atoms with van der Waals surface area (Å²) in [6.07, 6.45) is -3.28. The van der Waals surface area contributed by atoms with Crippen LogP contribution in [0.5, 0.6) is 0 Å². The molecule has 0 fully saturated rings. The molecule has 0 radical (unpaired) electrons. The Labute approximate surface area is 86.1 Å². The summed E-state index contributed by atoms with van der Waals surface area (Å²) in [5.41, 5.74) is 4.02. The van der Waals surface area contributed by atoms with Crippen molar-refractivity contribution in [2.75, 3.05) is 19.8 Å². The van der Waals surface area contributed by atoms with Gasteiger partial charge in [-0.25, -0.2) is 9.25 Å². The van der Waals surface area contributed by atoms with E-state index in [4.69, 9.17) is 20.4 Å². The summed E-state index contributed by atoms with van der Waals surface area (Å²) < 4.78 is 20.2. The number of aliphatic hydroxyl groups excluding tert-OH is 2. The Morgan fingerprint density at radius 1 is 1.07 bits per heavy atom. The smallest absolute Gasteiger partial charge is 0.360 e. The molecule has 0 atom stereocenters. The molecule has 0 rings (SSSR count). The molecule has 0 unspecified atom stereocenters. The first kappa shape index (κ1) is 14.9. The van der Waals surface area contributed by atoms with Crippen LogP contribution in [-0.2, 0) is 13.8 Å². The third-order valence-corrected chi connectivity index (χ3v) is 1.91. The van der Waals surface area contributed by atoms with Crippen LogP contribution in [0.2, 0.25) is 0 Å². The van der Waals surface area contributed by atoms with Crippen LogP contribution in [0.15, 0.2) is 0 Å². The number of hydrogen-bond donors (Lipinski definition) is 6. The van der Waals surface area contributed by atoms with Crippen molar-refractivity contribution < 1.29 is 34.2 Å². The lowest BCUT2D eigenvalue weighted by atomic mass is 10.7. The average molecular weight is 246 g/mol.